The summed E-state index contributed by atoms with van der Waals surface area (Å²) in [6.07, 6.45) is 6.42. The quantitative estimate of drug-likeness (QED) is 0.605. The number of fused-ring (bicyclic) bond motifs is 1. The monoisotopic (exact) mass is 337 g/mol. The molecule has 3 rings (SSSR count). The standard InChI is InChI=1S/C20H27N5/c1-3-4-12-22-19-17(15(2)23-20(21)24-19)9-7-13-25-14-11-16-8-5-6-10-18(16)25/h5-6,8,10-11,14H,3-4,7,9,12-13H2,1-2H3,(H3,21,22,23,24). The Bertz CT molecular complexity index is 837. The molecule has 1 aromatic carbocycles. The van der Waals surface area contributed by atoms with Gasteiger partial charge in [-0.15, -0.1) is 0 Å². The van der Waals surface area contributed by atoms with E-state index in [1.165, 1.54) is 16.5 Å². The SMILES string of the molecule is CCCCNc1nc(N)nc(C)c1CCCn1ccc2ccccc21. The molecule has 0 spiro atoms. The highest BCUT2D eigenvalue weighted by Gasteiger charge is 2.10. The van der Waals surface area contributed by atoms with Gasteiger partial charge in [0.1, 0.15) is 5.82 Å². The van der Waals surface area contributed by atoms with Gasteiger partial charge in [0.25, 0.3) is 0 Å². The van der Waals surface area contributed by atoms with Crippen LogP contribution in [-0.4, -0.2) is 21.1 Å². The molecule has 0 saturated carbocycles. The van der Waals surface area contributed by atoms with E-state index in [0.29, 0.717) is 5.95 Å². The number of nitrogen functional groups attached to an aromatic ring is 1. The van der Waals surface area contributed by atoms with Gasteiger partial charge in [0, 0.05) is 36.1 Å². The summed E-state index contributed by atoms with van der Waals surface area (Å²) in [7, 11) is 0. The van der Waals surface area contributed by atoms with Crippen molar-refractivity contribution in [2.75, 3.05) is 17.6 Å². The second-order valence-corrected chi connectivity index (χ2v) is 6.45. The average Bonchev–Trinajstić information content (AvgIpc) is 3.00. The topological polar surface area (TPSA) is 68.8 Å². The lowest BCUT2D eigenvalue weighted by Crippen LogP contribution is -2.11. The molecule has 0 aliphatic heterocycles. The molecule has 3 N–H and O–H groups in total. The van der Waals surface area contributed by atoms with Crippen molar-refractivity contribution < 1.29 is 0 Å². The Morgan fingerprint density at radius 3 is 2.80 bits per heavy atom. The van der Waals surface area contributed by atoms with Gasteiger partial charge in [-0.05, 0) is 43.7 Å². The van der Waals surface area contributed by atoms with Crippen molar-refractivity contribution in [1.29, 1.82) is 0 Å². The molecule has 132 valence electrons. The van der Waals surface area contributed by atoms with Crippen molar-refractivity contribution in [2.45, 2.75) is 46.1 Å². The summed E-state index contributed by atoms with van der Waals surface area (Å²) in [4.78, 5) is 8.77. The Morgan fingerprint density at radius 1 is 1.12 bits per heavy atom. The van der Waals surface area contributed by atoms with Crippen molar-refractivity contribution in [1.82, 2.24) is 14.5 Å². The van der Waals surface area contributed by atoms with Crippen LogP contribution < -0.4 is 11.1 Å². The van der Waals surface area contributed by atoms with Gasteiger partial charge < -0.3 is 15.6 Å². The van der Waals surface area contributed by atoms with Crippen LogP contribution >= 0.6 is 0 Å². The largest absolute Gasteiger partial charge is 0.370 e. The Morgan fingerprint density at radius 2 is 1.96 bits per heavy atom. The lowest BCUT2D eigenvalue weighted by atomic mass is 10.1. The smallest absolute Gasteiger partial charge is 0.222 e. The van der Waals surface area contributed by atoms with Crippen LogP contribution in [0, 0.1) is 6.92 Å². The van der Waals surface area contributed by atoms with Crippen molar-refractivity contribution >= 4 is 22.7 Å². The van der Waals surface area contributed by atoms with Gasteiger partial charge in [0.05, 0.1) is 0 Å². The molecule has 0 atom stereocenters. The van der Waals surface area contributed by atoms with Gasteiger partial charge in [0.2, 0.25) is 5.95 Å². The van der Waals surface area contributed by atoms with Gasteiger partial charge in [-0.25, -0.2) is 4.98 Å². The van der Waals surface area contributed by atoms with Gasteiger partial charge in [-0.3, -0.25) is 0 Å². The summed E-state index contributed by atoms with van der Waals surface area (Å²) in [5.74, 6) is 1.24. The molecular formula is C20H27N5. The predicted octanol–water partition coefficient (Wildman–Crippen LogP) is 4.17. The second kappa shape index (κ2) is 8.01. The zero-order chi connectivity index (χ0) is 17.6. The number of nitrogens with one attached hydrogen (secondary N) is 1. The van der Waals surface area contributed by atoms with Gasteiger partial charge in [-0.1, -0.05) is 31.5 Å². The summed E-state index contributed by atoms with van der Waals surface area (Å²) >= 11 is 0. The van der Waals surface area contributed by atoms with E-state index in [4.69, 9.17) is 5.73 Å². The Kier molecular flexibility index (Phi) is 5.53. The lowest BCUT2D eigenvalue weighted by Gasteiger charge is -2.14. The van der Waals surface area contributed by atoms with Crippen LogP contribution in [-0.2, 0) is 13.0 Å². The summed E-state index contributed by atoms with van der Waals surface area (Å²) in [5.41, 5.74) is 9.28. The first kappa shape index (κ1) is 17.3. The number of aromatic nitrogens is 3. The number of benzene rings is 1. The normalized spacial score (nSPS) is 11.1. The van der Waals surface area contributed by atoms with Crippen molar-refractivity contribution in [3.05, 3.63) is 47.8 Å². The van der Waals surface area contributed by atoms with E-state index < -0.39 is 0 Å². The first-order chi connectivity index (χ1) is 12.2. The number of para-hydroxylation sites is 1. The second-order valence-electron chi connectivity index (χ2n) is 6.45. The highest BCUT2D eigenvalue weighted by Crippen LogP contribution is 2.21. The summed E-state index contributed by atoms with van der Waals surface area (Å²) in [6, 6.07) is 10.7. The maximum Gasteiger partial charge on any atom is 0.222 e. The number of aryl methyl sites for hydroxylation is 2. The van der Waals surface area contributed by atoms with Crippen LogP contribution in [0.2, 0.25) is 0 Å². The molecule has 5 heteroatoms. The van der Waals surface area contributed by atoms with Crippen LogP contribution in [0.5, 0.6) is 0 Å². The number of unbranched alkanes of at least 4 members (excludes halogenated alkanes) is 1. The maximum absolute atomic E-state index is 5.83. The summed E-state index contributed by atoms with van der Waals surface area (Å²) in [6.45, 7) is 6.10. The van der Waals surface area contributed by atoms with E-state index in [9.17, 15) is 0 Å². The molecule has 25 heavy (non-hydrogen) atoms. The number of rotatable bonds is 8. The van der Waals surface area contributed by atoms with E-state index >= 15 is 0 Å². The lowest BCUT2D eigenvalue weighted by molar-refractivity contribution is 0.658. The molecule has 2 aromatic heterocycles. The van der Waals surface area contributed by atoms with E-state index in [-0.39, 0.29) is 0 Å². The highest BCUT2D eigenvalue weighted by atomic mass is 15.1. The van der Waals surface area contributed by atoms with E-state index in [2.05, 4.69) is 63.3 Å². The highest BCUT2D eigenvalue weighted by molar-refractivity contribution is 5.79. The molecule has 0 aliphatic rings. The minimum Gasteiger partial charge on any atom is -0.370 e. The molecule has 2 heterocycles. The number of anilines is 2. The van der Waals surface area contributed by atoms with Crippen LogP contribution in [0.15, 0.2) is 36.5 Å². The molecule has 5 nitrogen and oxygen atoms in total. The molecular weight excluding hydrogens is 310 g/mol. The minimum atomic E-state index is 0.344. The Labute approximate surface area is 149 Å². The maximum atomic E-state index is 5.83. The predicted molar refractivity (Wildman–Crippen MR) is 105 cm³/mol. The van der Waals surface area contributed by atoms with E-state index in [0.717, 1.165) is 50.3 Å². The van der Waals surface area contributed by atoms with E-state index in [1.807, 2.05) is 6.92 Å². The first-order valence-electron chi connectivity index (χ1n) is 9.09. The summed E-state index contributed by atoms with van der Waals surface area (Å²) in [5, 5.41) is 4.72. The van der Waals surface area contributed by atoms with Crippen LogP contribution in [0.3, 0.4) is 0 Å². The molecule has 0 amide bonds. The number of hydrogen-bond acceptors (Lipinski definition) is 4. The van der Waals surface area contributed by atoms with Gasteiger partial charge in [0.15, 0.2) is 0 Å². The number of hydrogen-bond donors (Lipinski definition) is 2. The molecule has 3 aromatic rings. The fourth-order valence-electron chi connectivity index (χ4n) is 3.21. The average molecular weight is 337 g/mol. The molecule has 0 aliphatic carbocycles. The fraction of sp³-hybridized carbons (Fsp3) is 0.400. The zero-order valence-corrected chi connectivity index (χ0v) is 15.1. The van der Waals surface area contributed by atoms with E-state index in [1.54, 1.807) is 0 Å². The number of nitrogens with zero attached hydrogens (tertiary/aromatic N) is 3. The van der Waals surface area contributed by atoms with Crippen molar-refractivity contribution in [2.24, 2.45) is 0 Å². The van der Waals surface area contributed by atoms with Gasteiger partial charge >= 0.3 is 0 Å². The Balaban J connectivity index is 1.69. The third kappa shape index (κ3) is 4.10. The first-order valence-corrected chi connectivity index (χ1v) is 9.09. The zero-order valence-electron chi connectivity index (χ0n) is 15.1. The van der Waals surface area contributed by atoms with Crippen molar-refractivity contribution in [3.8, 4) is 0 Å². The summed E-state index contributed by atoms with van der Waals surface area (Å²) < 4.78 is 2.31. The molecule has 0 unspecified atom stereocenters. The van der Waals surface area contributed by atoms with Crippen molar-refractivity contribution in [3.63, 3.8) is 0 Å². The molecule has 0 bridgehead atoms. The van der Waals surface area contributed by atoms with Gasteiger partial charge in [-0.2, -0.15) is 4.98 Å². The molecule has 0 fully saturated rings. The Hall–Kier alpha value is -2.56. The van der Waals surface area contributed by atoms with Crippen LogP contribution in [0.25, 0.3) is 10.9 Å². The van der Waals surface area contributed by atoms with Crippen LogP contribution in [0.4, 0.5) is 11.8 Å². The number of nitrogens with two attached hydrogens (primary N) is 1. The third-order valence-electron chi connectivity index (χ3n) is 4.56. The third-order valence-corrected chi connectivity index (χ3v) is 4.56. The fourth-order valence-corrected chi connectivity index (χ4v) is 3.21. The van der Waals surface area contributed by atoms with Crippen LogP contribution in [0.1, 0.15) is 37.4 Å². The minimum absolute atomic E-state index is 0.344. The molecule has 0 radical (unpaired) electrons. The molecule has 0 saturated heterocycles.